The normalized spacial score (nSPS) is 19.7. The Labute approximate surface area is 148 Å². The van der Waals surface area contributed by atoms with Crippen molar-refractivity contribution in [2.24, 2.45) is 5.73 Å². The third-order valence-electron chi connectivity index (χ3n) is 4.80. The third-order valence-corrected chi connectivity index (χ3v) is 4.80. The number of methoxy groups -OCH3 is 2. The average Bonchev–Trinajstić information content (AvgIpc) is 3.04. The summed E-state index contributed by atoms with van der Waals surface area (Å²) in [4.78, 5) is 14.7. The van der Waals surface area contributed by atoms with Crippen LogP contribution in [-0.2, 0) is 11.2 Å². The summed E-state index contributed by atoms with van der Waals surface area (Å²) < 4.78 is 10.8. The minimum Gasteiger partial charge on any atom is -0.496 e. The maximum atomic E-state index is 12.8. The number of nitrogens with zero attached hydrogens (tertiary/aromatic N) is 1. The van der Waals surface area contributed by atoms with Crippen LogP contribution < -0.4 is 15.2 Å². The molecule has 132 valence electrons. The van der Waals surface area contributed by atoms with E-state index in [4.69, 9.17) is 15.2 Å². The standard InChI is InChI=1S/C20H24N2O3/c1-24-18-9-6-10-19(25-2)15(18)11-20(23)22-12-16(17(21)13-22)14-7-4-3-5-8-14/h3-10,16-17H,11-13,21H2,1-2H3/t16-,17+/m0/s1. The predicted octanol–water partition coefficient (Wildman–Crippen LogP) is 2.20. The second-order valence-corrected chi connectivity index (χ2v) is 6.30. The van der Waals surface area contributed by atoms with Crippen molar-refractivity contribution in [3.63, 3.8) is 0 Å². The molecule has 0 aromatic heterocycles. The van der Waals surface area contributed by atoms with Gasteiger partial charge in [0.25, 0.3) is 0 Å². The number of amides is 1. The summed E-state index contributed by atoms with van der Waals surface area (Å²) in [6.07, 6.45) is 0.238. The van der Waals surface area contributed by atoms with Crippen molar-refractivity contribution in [1.29, 1.82) is 0 Å². The van der Waals surface area contributed by atoms with Gasteiger partial charge in [0.05, 0.1) is 20.6 Å². The molecule has 0 aliphatic carbocycles. The van der Waals surface area contributed by atoms with Gasteiger partial charge in [0.15, 0.2) is 0 Å². The summed E-state index contributed by atoms with van der Waals surface area (Å²) in [5.41, 5.74) is 8.25. The van der Waals surface area contributed by atoms with Gasteiger partial charge in [-0.2, -0.15) is 0 Å². The zero-order valence-electron chi connectivity index (χ0n) is 14.6. The van der Waals surface area contributed by atoms with Crippen LogP contribution in [0.5, 0.6) is 11.5 Å². The summed E-state index contributed by atoms with van der Waals surface area (Å²) >= 11 is 0. The van der Waals surface area contributed by atoms with E-state index in [-0.39, 0.29) is 24.3 Å². The van der Waals surface area contributed by atoms with E-state index in [0.29, 0.717) is 24.6 Å². The Morgan fingerprint density at radius 1 is 1.04 bits per heavy atom. The van der Waals surface area contributed by atoms with E-state index in [9.17, 15) is 4.79 Å². The molecule has 2 aromatic carbocycles. The number of likely N-dealkylation sites (tertiary alicyclic amines) is 1. The maximum Gasteiger partial charge on any atom is 0.227 e. The van der Waals surface area contributed by atoms with Crippen LogP contribution in [0.15, 0.2) is 48.5 Å². The van der Waals surface area contributed by atoms with Crippen LogP contribution >= 0.6 is 0 Å². The lowest BCUT2D eigenvalue weighted by atomic mass is 9.95. The lowest BCUT2D eigenvalue weighted by Gasteiger charge is -2.18. The molecule has 5 nitrogen and oxygen atoms in total. The molecule has 1 fully saturated rings. The summed E-state index contributed by atoms with van der Waals surface area (Å²) in [5, 5.41) is 0. The van der Waals surface area contributed by atoms with Crippen molar-refractivity contribution < 1.29 is 14.3 Å². The quantitative estimate of drug-likeness (QED) is 0.906. The fourth-order valence-electron chi connectivity index (χ4n) is 3.45. The Hall–Kier alpha value is -2.53. The first-order valence-electron chi connectivity index (χ1n) is 8.42. The highest BCUT2D eigenvalue weighted by atomic mass is 16.5. The molecule has 2 N–H and O–H groups in total. The van der Waals surface area contributed by atoms with Gasteiger partial charge in [-0.1, -0.05) is 36.4 Å². The molecule has 0 bridgehead atoms. The van der Waals surface area contributed by atoms with Crippen molar-refractivity contribution in [1.82, 2.24) is 4.90 Å². The molecular weight excluding hydrogens is 316 g/mol. The van der Waals surface area contributed by atoms with Crippen LogP contribution in [0.2, 0.25) is 0 Å². The van der Waals surface area contributed by atoms with Crippen LogP contribution in [0, 0.1) is 0 Å². The molecule has 25 heavy (non-hydrogen) atoms. The first kappa shape index (κ1) is 17.3. The van der Waals surface area contributed by atoms with Crippen molar-refractivity contribution in [2.45, 2.75) is 18.4 Å². The molecular formula is C20H24N2O3. The topological polar surface area (TPSA) is 64.8 Å². The molecule has 0 radical (unpaired) electrons. The highest BCUT2D eigenvalue weighted by molar-refractivity contribution is 5.81. The Morgan fingerprint density at radius 3 is 2.28 bits per heavy atom. The van der Waals surface area contributed by atoms with E-state index in [1.165, 1.54) is 5.56 Å². The SMILES string of the molecule is COc1cccc(OC)c1CC(=O)N1C[C@@H](N)[C@H](c2ccccc2)C1. The number of rotatable bonds is 5. The van der Waals surface area contributed by atoms with E-state index < -0.39 is 0 Å². The van der Waals surface area contributed by atoms with Crippen molar-refractivity contribution in [2.75, 3.05) is 27.3 Å². The molecule has 1 saturated heterocycles. The van der Waals surface area contributed by atoms with Gasteiger partial charge in [0, 0.05) is 30.6 Å². The predicted molar refractivity (Wildman–Crippen MR) is 97.0 cm³/mol. The molecule has 3 rings (SSSR count). The van der Waals surface area contributed by atoms with Gasteiger partial charge in [-0.25, -0.2) is 0 Å². The van der Waals surface area contributed by atoms with Crippen LogP contribution in [-0.4, -0.2) is 44.2 Å². The zero-order valence-corrected chi connectivity index (χ0v) is 14.6. The zero-order chi connectivity index (χ0) is 17.8. The maximum absolute atomic E-state index is 12.8. The molecule has 1 aliphatic heterocycles. The number of nitrogens with two attached hydrogens (primary N) is 1. The van der Waals surface area contributed by atoms with Gasteiger partial charge in [-0.05, 0) is 17.7 Å². The first-order valence-corrected chi connectivity index (χ1v) is 8.42. The highest BCUT2D eigenvalue weighted by Crippen LogP contribution is 2.31. The van der Waals surface area contributed by atoms with Gasteiger partial charge < -0.3 is 20.1 Å². The molecule has 1 amide bonds. The van der Waals surface area contributed by atoms with Gasteiger partial charge in [-0.3, -0.25) is 4.79 Å². The van der Waals surface area contributed by atoms with Crippen LogP contribution in [0.4, 0.5) is 0 Å². The lowest BCUT2D eigenvalue weighted by molar-refractivity contribution is -0.129. The minimum atomic E-state index is -0.0501. The van der Waals surface area contributed by atoms with Gasteiger partial charge in [-0.15, -0.1) is 0 Å². The summed E-state index contributed by atoms with van der Waals surface area (Å²) in [5.74, 6) is 1.54. The Morgan fingerprint density at radius 2 is 1.68 bits per heavy atom. The van der Waals surface area contributed by atoms with Crippen LogP contribution in [0.1, 0.15) is 17.0 Å². The van der Waals surface area contributed by atoms with Gasteiger partial charge >= 0.3 is 0 Å². The molecule has 0 spiro atoms. The number of ether oxygens (including phenoxy) is 2. The van der Waals surface area contributed by atoms with Crippen molar-refractivity contribution in [3.8, 4) is 11.5 Å². The molecule has 5 heteroatoms. The van der Waals surface area contributed by atoms with Crippen molar-refractivity contribution >= 4 is 5.91 Å². The largest absolute Gasteiger partial charge is 0.496 e. The Balaban J connectivity index is 1.75. The number of carbonyl (C=O) groups is 1. The molecule has 1 heterocycles. The van der Waals surface area contributed by atoms with Crippen LogP contribution in [0.3, 0.4) is 0 Å². The molecule has 2 aromatic rings. The molecule has 1 aliphatic rings. The molecule has 0 saturated carbocycles. The van der Waals surface area contributed by atoms with Gasteiger partial charge in [0.2, 0.25) is 5.91 Å². The summed E-state index contributed by atoms with van der Waals surface area (Å²) in [6.45, 7) is 1.21. The van der Waals surface area contributed by atoms with E-state index >= 15 is 0 Å². The van der Waals surface area contributed by atoms with Crippen LogP contribution in [0.25, 0.3) is 0 Å². The van der Waals surface area contributed by atoms with E-state index in [1.807, 2.05) is 41.3 Å². The second-order valence-electron chi connectivity index (χ2n) is 6.30. The van der Waals surface area contributed by atoms with E-state index in [2.05, 4.69) is 12.1 Å². The third kappa shape index (κ3) is 3.61. The Bertz CT molecular complexity index is 711. The second kappa shape index (κ2) is 7.57. The summed E-state index contributed by atoms with van der Waals surface area (Å²) in [6, 6.07) is 15.6. The Kier molecular flexibility index (Phi) is 5.24. The smallest absolute Gasteiger partial charge is 0.227 e. The minimum absolute atomic E-state index is 0.0386. The monoisotopic (exact) mass is 340 g/mol. The fraction of sp³-hybridized carbons (Fsp3) is 0.350. The van der Waals surface area contributed by atoms with E-state index in [1.54, 1.807) is 14.2 Å². The number of benzene rings is 2. The average molecular weight is 340 g/mol. The number of hydrogen-bond acceptors (Lipinski definition) is 4. The molecule has 2 atom stereocenters. The van der Waals surface area contributed by atoms with E-state index in [0.717, 1.165) is 5.56 Å². The highest BCUT2D eigenvalue weighted by Gasteiger charge is 2.34. The lowest BCUT2D eigenvalue weighted by Crippen LogP contribution is -2.33. The number of hydrogen-bond donors (Lipinski definition) is 1. The number of carbonyl (C=O) groups excluding carboxylic acids is 1. The van der Waals surface area contributed by atoms with Crippen molar-refractivity contribution in [3.05, 3.63) is 59.7 Å². The first-order chi connectivity index (χ1) is 12.1. The summed E-state index contributed by atoms with van der Waals surface area (Å²) in [7, 11) is 3.19. The molecule has 0 unspecified atom stereocenters. The fourth-order valence-corrected chi connectivity index (χ4v) is 3.45. The van der Waals surface area contributed by atoms with Gasteiger partial charge in [0.1, 0.15) is 11.5 Å².